The Labute approximate surface area is 305 Å². The first-order chi connectivity index (χ1) is 23.1. The van der Waals surface area contributed by atoms with Crippen LogP contribution < -0.4 is 0 Å². The molecule has 0 radical (unpaired) electrons. The van der Waals surface area contributed by atoms with Crippen LogP contribution in [0, 0.1) is 0 Å². The standard InChI is InChI=1S/2C19H32O3S.O.Ti/c2*1-2-3-4-5-6-7-8-9-10-11-12-13-18-14-16-19(17-15-18)23(20,21)22;;/h2*14-17H,2-13H2,1H3,(H,20,21,22);;/q;;;+2/p-2. The first kappa shape index (κ1) is 46.8. The van der Waals surface area contributed by atoms with Crippen LogP contribution in [0.5, 0.6) is 0 Å². The van der Waals surface area contributed by atoms with Crippen molar-refractivity contribution in [3.05, 3.63) is 59.7 Å². The molecule has 0 aliphatic heterocycles. The van der Waals surface area contributed by atoms with Crippen molar-refractivity contribution in [2.45, 2.75) is 178 Å². The summed E-state index contributed by atoms with van der Waals surface area (Å²) < 4.78 is 73.3. The molecular weight excluding hydrogens is 680 g/mol. The SMILES string of the molecule is CCCCCCCCCCCCCc1ccc(S(=O)(=O)[O-])cc1.CCCCCCCCCCCCCc1ccc(S(=O)(=O)[O-])cc1.[O]=[Ti+2]. The fourth-order valence-electron chi connectivity index (χ4n) is 5.63. The summed E-state index contributed by atoms with van der Waals surface area (Å²) >= 11 is 0.750. The molecule has 0 heterocycles. The van der Waals surface area contributed by atoms with E-state index in [1.54, 1.807) is 24.3 Å². The summed E-state index contributed by atoms with van der Waals surface area (Å²) in [6, 6.07) is 12.7. The second kappa shape index (κ2) is 30.6. The van der Waals surface area contributed by atoms with E-state index >= 15 is 0 Å². The van der Waals surface area contributed by atoms with E-state index in [2.05, 4.69) is 13.8 Å². The van der Waals surface area contributed by atoms with Gasteiger partial charge in [0.2, 0.25) is 0 Å². The number of benzene rings is 2. The Bertz CT molecular complexity index is 1140. The van der Waals surface area contributed by atoms with E-state index in [0.717, 1.165) is 57.2 Å². The van der Waals surface area contributed by atoms with Crippen molar-refractivity contribution in [2.75, 3.05) is 0 Å². The van der Waals surface area contributed by atoms with Crippen LogP contribution in [0.4, 0.5) is 0 Å². The average molecular weight is 743 g/mol. The van der Waals surface area contributed by atoms with E-state index in [-0.39, 0.29) is 9.79 Å². The van der Waals surface area contributed by atoms with Crippen molar-refractivity contribution in [1.29, 1.82) is 0 Å². The van der Waals surface area contributed by atoms with Gasteiger partial charge >= 0.3 is 23.7 Å². The molecule has 0 amide bonds. The topological polar surface area (TPSA) is 131 Å². The maximum atomic E-state index is 10.8. The minimum atomic E-state index is -4.32. The van der Waals surface area contributed by atoms with Gasteiger partial charge in [-0.1, -0.05) is 167 Å². The average Bonchev–Trinajstić information content (AvgIpc) is 3.07. The zero-order valence-electron chi connectivity index (χ0n) is 29.8. The van der Waals surface area contributed by atoms with Crippen molar-refractivity contribution in [2.24, 2.45) is 0 Å². The van der Waals surface area contributed by atoms with Gasteiger partial charge in [0, 0.05) is 0 Å². The summed E-state index contributed by atoms with van der Waals surface area (Å²) in [6.45, 7) is 4.50. The quantitative estimate of drug-likeness (QED) is 0.0532. The van der Waals surface area contributed by atoms with Crippen molar-refractivity contribution in [1.82, 2.24) is 0 Å². The van der Waals surface area contributed by atoms with Crippen LogP contribution in [0.25, 0.3) is 0 Å². The van der Waals surface area contributed by atoms with Gasteiger partial charge < -0.3 is 9.11 Å². The Morgan fingerprint density at radius 2 is 0.604 bits per heavy atom. The summed E-state index contributed by atoms with van der Waals surface area (Å²) in [4.78, 5) is -0.277. The molecule has 2 aromatic carbocycles. The second-order valence-electron chi connectivity index (χ2n) is 12.8. The molecule has 0 unspecified atom stereocenters. The molecule has 0 spiro atoms. The van der Waals surface area contributed by atoms with Crippen LogP contribution in [0.2, 0.25) is 0 Å². The van der Waals surface area contributed by atoms with Gasteiger partial charge in [-0.2, -0.15) is 0 Å². The molecule has 0 aliphatic rings. The number of rotatable bonds is 26. The summed E-state index contributed by atoms with van der Waals surface area (Å²) in [5, 5.41) is 0. The van der Waals surface area contributed by atoms with E-state index < -0.39 is 20.2 Å². The summed E-state index contributed by atoms with van der Waals surface area (Å²) in [5.74, 6) is 0. The third kappa shape index (κ3) is 26.6. The molecule has 272 valence electrons. The van der Waals surface area contributed by atoms with Crippen LogP contribution >= 0.6 is 0 Å². The fourth-order valence-corrected chi connectivity index (χ4v) is 6.57. The van der Waals surface area contributed by atoms with Crippen LogP contribution in [0.15, 0.2) is 58.3 Å². The van der Waals surface area contributed by atoms with E-state index in [4.69, 9.17) is 3.32 Å². The van der Waals surface area contributed by atoms with Gasteiger partial charge in [-0.05, 0) is 61.1 Å². The first-order valence-electron chi connectivity index (χ1n) is 18.4. The zero-order chi connectivity index (χ0) is 35.9. The van der Waals surface area contributed by atoms with E-state index in [0.29, 0.717) is 0 Å². The summed E-state index contributed by atoms with van der Waals surface area (Å²) in [6.07, 6.45) is 31.0. The summed E-state index contributed by atoms with van der Waals surface area (Å²) in [7, 11) is -8.63. The monoisotopic (exact) mass is 742 g/mol. The zero-order valence-corrected chi connectivity index (χ0v) is 33.0. The van der Waals surface area contributed by atoms with Gasteiger partial charge in [-0.15, -0.1) is 0 Å². The summed E-state index contributed by atoms with van der Waals surface area (Å²) in [5.41, 5.74) is 2.21. The molecule has 0 bridgehead atoms. The van der Waals surface area contributed by atoms with Crippen LogP contribution in [-0.2, 0) is 56.8 Å². The molecule has 10 heteroatoms. The van der Waals surface area contributed by atoms with Gasteiger partial charge in [0.05, 0.1) is 9.79 Å². The number of unbranched alkanes of at least 4 members (excludes halogenated alkanes) is 20. The predicted molar refractivity (Wildman–Crippen MR) is 190 cm³/mol. The molecular formula is C38H62O7S2Ti. The third-order valence-electron chi connectivity index (χ3n) is 8.56. The predicted octanol–water partition coefficient (Wildman–Crippen LogP) is 10.8. The van der Waals surface area contributed by atoms with Gasteiger partial charge in [-0.25, -0.2) is 16.8 Å². The molecule has 0 atom stereocenters. The number of hydrogen-bond donors (Lipinski definition) is 0. The van der Waals surface area contributed by atoms with Crippen LogP contribution in [0.1, 0.15) is 166 Å². The number of hydrogen-bond acceptors (Lipinski definition) is 7. The van der Waals surface area contributed by atoms with E-state index in [9.17, 15) is 25.9 Å². The Kier molecular flexibility index (Phi) is 29.8. The molecule has 7 nitrogen and oxygen atoms in total. The van der Waals surface area contributed by atoms with E-state index in [1.807, 2.05) is 0 Å². The van der Waals surface area contributed by atoms with Gasteiger partial charge in [0.25, 0.3) is 0 Å². The molecule has 0 N–H and O–H groups in total. The molecule has 2 aromatic rings. The fraction of sp³-hybridized carbons (Fsp3) is 0.684. The van der Waals surface area contributed by atoms with Crippen LogP contribution in [-0.4, -0.2) is 25.9 Å². The Hall–Kier alpha value is -1.23. The molecule has 0 saturated heterocycles. The Balaban J connectivity index is 0.000000875. The second-order valence-corrected chi connectivity index (χ2v) is 15.5. The Morgan fingerprint density at radius 3 is 0.812 bits per heavy atom. The van der Waals surface area contributed by atoms with Gasteiger partial charge in [-0.3, -0.25) is 0 Å². The van der Waals surface area contributed by atoms with Crippen molar-refractivity contribution in [3.8, 4) is 0 Å². The van der Waals surface area contributed by atoms with Crippen molar-refractivity contribution >= 4 is 20.2 Å². The molecule has 0 aromatic heterocycles. The van der Waals surface area contributed by atoms with Crippen molar-refractivity contribution < 1.29 is 49.7 Å². The third-order valence-corrected chi connectivity index (χ3v) is 10.3. The minimum absolute atomic E-state index is 0.139. The van der Waals surface area contributed by atoms with Crippen LogP contribution in [0.3, 0.4) is 0 Å². The molecule has 2 rings (SSSR count). The van der Waals surface area contributed by atoms with Crippen molar-refractivity contribution in [3.63, 3.8) is 0 Å². The van der Waals surface area contributed by atoms with E-state index in [1.165, 1.54) is 153 Å². The maximum absolute atomic E-state index is 10.8. The molecule has 0 fully saturated rings. The normalized spacial score (nSPS) is 11.4. The first-order valence-corrected chi connectivity index (χ1v) is 21.8. The Morgan fingerprint density at radius 1 is 0.396 bits per heavy atom. The number of aryl methyl sites for hydroxylation is 2. The molecule has 0 saturated carbocycles. The van der Waals surface area contributed by atoms with Gasteiger partial charge in [0.15, 0.2) is 0 Å². The van der Waals surface area contributed by atoms with Gasteiger partial charge in [0.1, 0.15) is 20.2 Å². The molecule has 48 heavy (non-hydrogen) atoms. The molecule has 0 aliphatic carbocycles.